The van der Waals surface area contributed by atoms with Gasteiger partial charge >= 0.3 is 0 Å². The highest BCUT2D eigenvalue weighted by Crippen LogP contribution is 2.27. The summed E-state index contributed by atoms with van der Waals surface area (Å²) in [6.07, 6.45) is 1.05. The molecule has 1 aliphatic rings. The third-order valence-electron chi connectivity index (χ3n) is 2.49. The van der Waals surface area contributed by atoms with Crippen LogP contribution in [-0.2, 0) is 0 Å². The summed E-state index contributed by atoms with van der Waals surface area (Å²) in [6, 6.07) is 4.73. The minimum atomic E-state index is -0.316. The molecule has 0 amide bonds. The number of benzene rings is 1. The number of nitrogens with one attached hydrogen (secondary N) is 1. The normalized spacial score (nSPS) is 24.4. The average molecular weight is 273 g/mol. The molecule has 0 fully saturated rings. The molecule has 0 spiro atoms. The summed E-state index contributed by atoms with van der Waals surface area (Å²) in [5.41, 5.74) is 0.380. The van der Waals surface area contributed by atoms with Crippen molar-refractivity contribution in [3.05, 3.63) is 29.0 Å². The standard InChI is InChI=1S/C12H14ClFN2S/c1-7-5-8(2)17-12(15-7)16-11-6-9(13)3-4-10(11)14/h3-4,6-8H,5H2,1-2H3,(H,15,16). The van der Waals surface area contributed by atoms with Gasteiger partial charge in [-0.3, -0.25) is 4.99 Å². The molecule has 2 unspecified atom stereocenters. The number of hydrogen-bond acceptors (Lipinski definition) is 3. The van der Waals surface area contributed by atoms with Crippen LogP contribution in [0.3, 0.4) is 0 Å². The Morgan fingerprint density at radius 2 is 2.24 bits per heavy atom. The van der Waals surface area contributed by atoms with Gasteiger partial charge in [0.2, 0.25) is 0 Å². The highest BCUT2D eigenvalue weighted by atomic mass is 35.5. The van der Waals surface area contributed by atoms with Crippen molar-refractivity contribution in [2.24, 2.45) is 4.99 Å². The second-order valence-electron chi connectivity index (χ2n) is 4.20. The number of thioether (sulfide) groups is 1. The van der Waals surface area contributed by atoms with Gasteiger partial charge in [0, 0.05) is 10.3 Å². The molecule has 1 aromatic carbocycles. The summed E-state index contributed by atoms with van der Waals surface area (Å²) < 4.78 is 13.5. The van der Waals surface area contributed by atoms with Crippen molar-refractivity contribution in [3.63, 3.8) is 0 Å². The first-order valence-electron chi connectivity index (χ1n) is 5.51. The van der Waals surface area contributed by atoms with Crippen molar-refractivity contribution in [1.29, 1.82) is 0 Å². The molecule has 1 N–H and O–H groups in total. The number of nitrogens with zero attached hydrogens (tertiary/aromatic N) is 1. The summed E-state index contributed by atoms with van der Waals surface area (Å²) in [4.78, 5) is 4.46. The van der Waals surface area contributed by atoms with E-state index < -0.39 is 0 Å². The fourth-order valence-corrected chi connectivity index (χ4v) is 3.11. The van der Waals surface area contributed by atoms with Gasteiger partial charge in [0.05, 0.1) is 11.7 Å². The van der Waals surface area contributed by atoms with Crippen LogP contribution in [0.5, 0.6) is 0 Å². The van der Waals surface area contributed by atoms with Gasteiger partial charge in [0.1, 0.15) is 5.82 Å². The molecular weight excluding hydrogens is 259 g/mol. The van der Waals surface area contributed by atoms with Crippen molar-refractivity contribution in [3.8, 4) is 0 Å². The Morgan fingerprint density at radius 1 is 1.47 bits per heavy atom. The maximum absolute atomic E-state index is 13.5. The maximum atomic E-state index is 13.5. The van der Waals surface area contributed by atoms with E-state index in [-0.39, 0.29) is 11.9 Å². The number of hydrogen-bond donors (Lipinski definition) is 1. The molecule has 1 heterocycles. The lowest BCUT2D eigenvalue weighted by atomic mass is 10.2. The molecule has 0 aromatic heterocycles. The minimum absolute atomic E-state index is 0.274. The van der Waals surface area contributed by atoms with Gasteiger partial charge in [-0.25, -0.2) is 4.39 Å². The zero-order chi connectivity index (χ0) is 12.4. The van der Waals surface area contributed by atoms with Crippen molar-refractivity contribution < 1.29 is 4.39 Å². The monoisotopic (exact) mass is 272 g/mol. The smallest absolute Gasteiger partial charge is 0.161 e. The summed E-state index contributed by atoms with van der Waals surface area (Å²) in [5, 5.41) is 4.77. The Labute approximate surface area is 110 Å². The molecule has 0 radical (unpaired) electrons. The fraction of sp³-hybridized carbons (Fsp3) is 0.417. The van der Waals surface area contributed by atoms with Gasteiger partial charge in [0.25, 0.3) is 0 Å². The minimum Gasteiger partial charge on any atom is -0.333 e. The fourth-order valence-electron chi connectivity index (χ4n) is 1.77. The van der Waals surface area contributed by atoms with Crippen LogP contribution >= 0.6 is 23.4 Å². The Balaban J connectivity index is 2.18. The van der Waals surface area contributed by atoms with Crippen LogP contribution < -0.4 is 5.32 Å². The molecule has 5 heteroatoms. The number of aliphatic imine (C=N–C) groups is 1. The topological polar surface area (TPSA) is 24.4 Å². The van der Waals surface area contributed by atoms with E-state index in [1.165, 1.54) is 12.1 Å². The Hall–Kier alpha value is -0.740. The Bertz CT molecular complexity index is 450. The summed E-state index contributed by atoms with van der Waals surface area (Å²) in [7, 11) is 0. The second-order valence-corrected chi connectivity index (χ2v) is 6.06. The molecule has 92 valence electrons. The van der Waals surface area contributed by atoms with E-state index in [2.05, 4.69) is 24.2 Å². The van der Waals surface area contributed by atoms with Gasteiger partial charge in [0.15, 0.2) is 5.17 Å². The van der Waals surface area contributed by atoms with Crippen molar-refractivity contribution in [2.75, 3.05) is 5.32 Å². The van der Waals surface area contributed by atoms with Gasteiger partial charge in [-0.15, -0.1) is 0 Å². The van der Waals surface area contributed by atoms with E-state index in [1.54, 1.807) is 17.8 Å². The highest BCUT2D eigenvalue weighted by molar-refractivity contribution is 8.14. The maximum Gasteiger partial charge on any atom is 0.161 e. The van der Waals surface area contributed by atoms with Crippen LogP contribution in [0.2, 0.25) is 5.02 Å². The quantitative estimate of drug-likeness (QED) is 0.830. The summed E-state index contributed by atoms with van der Waals surface area (Å²) >= 11 is 7.47. The molecule has 2 nitrogen and oxygen atoms in total. The summed E-state index contributed by atoms with van der Waals surface area (Å²) in [5.74, 6) is -0.316. The van der Waals surface area contributed by atoms with E-state index in [0.29, 0.717) is 16.0 Å². The predicted octanol–water partition coefficient (Wildman–Crippen LogP) is 4.16. The molecule has 0 saturated carbocycles. The first-order valence-corrected chi connectivity index (χ1v) is 6.77. The highest BCUT2D eigenvalue weighted by Gasteiger charge is 2.19. The third-order valence-corrected chi connectivity index (χ3v) is 3.75. The van der Waals surface area contributed by atoms with Crippen LogP contribution in [0.15, 0.2) is 23.2 Å². The van der Waals surface area contributed by atoms with Crippen LogP contribution in [0.4, 0.5) is 10.1 Å². The lowest BCUT2D eigenvalue weighted by Gasteiger charge is -2.23. The SMILES string of the molecule is CC1CC(C)SC(Nc2cc(Cl)ccc2F)=N1. The van der Waals surface area contributed by atoms with Gasteiger partial charge in [-0.05, 0) is 31.5 Å². The van der Waals surface area contributed by atoms with E-state index in [0.717, 1.165) is 11.6 Å². The molecule has 1 aromatic rings. The Kier molecular flexibility index (Phi) is 3.94. The summed E-state index contributed by atoms with van der Waals surface area (Å²) in [6.45, 7) is 4.21. The van der Waals surface area contributed by atoms with Gasteiger partial charge in [-0.1, -0.05) is 30.3 Å². The van der Waals surface area contributed by atoms with E-state index >= 15 is 0 Å². The van der Waals surface area contributed by atoms with Gasteiger partial charge < -0.3 is 5.32 Å². The predicted molar refractivity (Wildman–Crippen MR) is 73.6 cm³/mol. The largest absolute Gasteiger partial charge is 0.333 e. The first kappa shape index (κ1) is 12.7. The molecule has 0 saturated heterocycles. The van der Waals surface area contributed by atoms with Crippen molar-refractivity contribution in [1.82, 2.24) is 0 Å². The van der Waals surface area contributed by atoms with Crippen molar-refractivity contribution >= 4 is 34.2 Å². The van der Waals surface area contributed by atoms with E-state index in [1.807, 2.05) is 0 Å². The van der Waals surface area contributed by atoms with Crippen LogP contribution in [0.1, 0.15) is 20.3 Å². The van der Waals surface area contributed by atoms with Crippen LogP contribution in [-0.4, -0.2) is 16.5 Å². The molecule has 0 aliphatic carbocycles. The van der Waals surface area contributed by atoms with Crippen LogP contribution in [0, 0.1) is 5.82 Å². The Morgan fingerprint density at radius 3 is 2.94 bits per heavy atom. The molecule has 0 bridgehead atoms. The number of amidine groups is 1. The number of anilines is 1. The zero-order valence-electron chi connectivity index (χ0n) is 9.71. The number of halogens is 2. The molecule has 2 rings (SSSR count). The lowest BCUT2D eigenvalue weighted by molar-refractivity contribution is 0.631. The molecule has 2 atom stereocenters. The third kappa shape index (κ3) is 3.36. The second kappa shape index (κ2) is 5.27. The molecular formula is C12H14ClFN2S. The molecule has 1 aliphatic heterocycles. The first-order chi connectivity index (χ1) is 8.04. The molecule has 17 heavy (non-hydrogen) atoms. The lowest BCUT2D eigenvalue weighted by Crippen LogP contribution is -2.23. The van der Waals surface area contributed by atoms with Gasteiger partial charge in [-0.2, -0.15) is 0 Å². The number of rotatable bonds is 1. The van der Waals surface area contributed by atoms with Crippen molar-refractivity contribution in [2.45, 2.75) is 31.6 Å². The van der Waals surface area contributed by atoms with E-state index in [4.69, 9.17) is 11.6 Å². The van der Waals surface area contributed by atoms with Crippen LogP contribution in [0.25, 0.3) is 0 Å². The zero-order valence-corrected chi connectivity index (χ0v) is 11.3. The van der Waals surface area contributed by atoms with E-state index in [9.17, 15) is 4.39 Å². The average Bonchev–Trinajstić information content (AvgIpc) is 2.22.